The van der Waals surface area contributed by atoms with Crippen molar-refractivity contribution in [1.29, 1.82) is 0 Å². The fourth-order valence-corrected chi connectivity index (χ4v) is 3.15. The number of anilines is 1. The highest BCUT2D eigenvalue weighted by Crippen LogP contribution is 2.33. The van der Waals surface area contributed by atoms with Crippen LogP contribution in [0.15, 0.2) is 18.2 Å². The minimum Gasteiger partial charge on any atom is -0.397 e. The first-order valence-corrected chi connectivity index (χ1v) is 7.81. The summed E-state index contributed by atoms with van der Waals surface area (Å²) in [5.41, 5.74) is 6.27. The molecule has 0 aliphatic rings. The molecule has 4 nitrogen and oxygen atoms in total. The molecule has 0 aliphatic carbocycles. The smallest absolute Gasteiger partial charge is 0.263 e. The van der Waals surface area contributed by atoms with Crippen LogP contribution in [-0.4, -0.2) is 24.2 Å². The van der Waals surface area contributed by atoms with Crippen molar-refractivity contribution in [2.24, 2.45) is 0 Å². The number of thiophene rings is 1. The van der Waals surface area contributed by atoms with Gasteiger partial charge < -0.3 is 16.2 Å². The summed E-state index contributed by atoms with van der Waals surface area (Å²) in [7, 11) is 0. The SMILES string of the molecule is Nc1c(C(=O)NCCCCCCO)sc2ccc(F)cc12. The maximum Gasteiger partial charge on any atom is 0.263 e. The van der Waals surface area contributed by atoms with Crippen LogP contribution in [0.25, 0.3) is 10.1 Å². The number of carbonyl (C=O) groups is 1. The summed E-state index contributed by atoms with van der Waals surface area (Å²) < 4.78 is 14.0. The standard InChI is InChI=1S/C15H19FN2O2S/c16-10-5-6-12-11(9-10)13(17)14(21-12)15(20)18-7-3-1-2-4-8-19/h5-6,9,19H,1-4,7-8,17H2,(H,18,20). The number of unbranched alkanes of at least 4 members (excludes halogenated alkanes) is 3. The summed E-state index contributed by atoms with van der Waals surface area (Å²) in [4.78, 5) is 12.5. The number of hydrogen-bond donors (Lipinski definition) is 3. The Morgan fingerprint density at radius 2 is 2.05 bits per heavy atom. The molecule has 1 aromatic heterocycles. The topological polar surface area (TPSA) is 75.4 Å². The van der Waals surface area contributed by atoms with E-state index < -0.39 is 0 Å². The molecule has 21 heavy (non-hydrogen) atoms. The zero-order valence-electron chi connectivity index (χ0n) is 11.7. The zero-order chi connectivity index (χ0) is 15.2. The van der Waals surface area contributed by atoms with Crippen molar-refractivity contribution in [3.05, 3.63) is 28.9 Å². The highest BCUT2D eigenvalue weighted by Gasteiger charge is 2.16. The highest BCUT2D eigenvalue weighted by molar-refractivity contribution is 7.21. The summed E-state index contributed by atoms with van der Waals surface area (Å²) in [6.07, 6.45) is 3.58. The van der Waals surface area contributed by atoms with Gasteiger partial charge in [0.25, 0.3) is 5.91 Å². The second-order valence-electron chi connectivity index (χ2n) is 4.88. The Kier molecular flexibility index (Phi) is 5.52. The number of aliphatic hydroxyl groups is 1. The number of benzene rings is 1. The molecule has 4 N–H and O–H groups in total. The molecule has 0 radical (unpaired) electrons. The Balaban J connectivity index is 1.95. The lowest BCUT2D eigenvalue weighted by Crippen LogP contribution is -2.24. The van der Waals surface area contributed by atoms with E-state index in [0.29, 0.717) is 22.5 Å². The first kappa shape index (κ1) is 15.7. The van der Waals surface area contributed by atoms with E-state index in [-0.39, 0.29) is 18.3 Å². The fraction of sp³-hybridized carbons (Fsp3) is 0.400. The lowest BCUT2D eigenvalue weighted by Gasteiger charge is -2.04. The van der Waals surface area contributed by atoms with Gasteiger partial charge in [-0.15, -0.1) is 11.3 Å². The Bertz CT molecular complexity index is 627. The molecule has 6 heteroatoms. The van der Waals surface area contributed by atoms with Gasteiger partial charge in [-0.1, -0.05) is 12.8 Å². The summed E-state index contributed by atoms with van der Waals surface area (Å²) >= 11 is 1.28. The lowest BCUT2D eigenvalue weighted by atomic mass is 10.2. The average molecular weight is 310 g/mol. The van der Waals surface area contributed by atoms with Crippen LogP contribution < -0.4 is 11.1 Å². The quantitative estimate of drug-likeness (QED) is 0.688. The fourth-order valence-electron chi connectivity index (χ4n) is 2.13. The number of halogens is 1. The summed E-state index contributed by atoms with van der Waals surface area (Å²) in [5, 5.41) is 12.1. The molecule has 0 fully saturated rings. The molecule has 0 saturated heterocycles. The van der Waals surface area contributed by atoms with Crippen LogP contribution in [0.3, 0.4) is 0 Å². The van der Waals surface area contributed by atoms with Gasteiger partial charge in [0.2, 0.25) is 0 Å². The number of hydrogen-bond acceptors (Lipinski definition) is 4. The van der Waals surface area contributed by atoms with Gasteiger partial charge in [-0.3, -0.25) is 4.79 Å². The molecule has 0 bridgehead atoms. The Morgan fingerprint density at radius 1 is 1.29 bits per heavy atom. The number of aliphatic hydroxyl groups excluding tert-OH is 1. The third-order valence-electron chi connectivity index (χ3n) is 3.27. The molecule has 0 spiro atoms. The summed E-state index contributed by atoms with van der Waals surface area (Å²) in [6.45, 7) is 0.785. The van der Waals surface area contributed by atoms with Crippen LogP contribution in [0.4, 0.5) is 10.1 Å². The molecule has 0 unspecified atom stereocenters. The van der Waals surface area contributed by atoms with Crippen LogP contribution in [0, 0.1) is 5.82 Å². The molecule has 1 heterocycles. The van der Waals surface area contributed by atoms with E-state index in [2.05, 4.69) is 5.32 Å². The monoisotopic (exact) mass is 310 g/mol. The van der Waals surface area contributed by atoms with E-state index in [1.165, 1.54) is 23.5 Å². The number of fused-ring (bicyclic) bond motifs is 1. The van der Waals surface area contributed by atoms with Crippen molar-refractivity contribution in [1.82, 2.24) is 5.32 Å². The minimum atomic E-state index is -0.358. The van der Waals surface area contributed by atoms with Gasteiger partial charge in [-0.25, -0.2) is 4.39 Å². The van der Waals surface area contributed by atoms with E-state index in [9.17, 15) is 9.18 Å². The molecule has 2 aromatic rings. The molecule has 114 valence electrons. The van der Waals surface area contributed by atoms with Gasteiger partial charge in [0.05, 0.1) is 5.69 Å². The maximum atomic E-state index is 13.2. The predicted octanol–water partition coefficient (Wildman–Crippen LogP) is 2.91. The Hall–Kier alpha value is -1.66. The Labute approximate surface area is 126 Å². The number of amides is 1. The van der Waals surface area contributed by atoms with Crippen LogP contribution in [0.2, 0.25) is 0 Å². The van der Waals surface area contributed by atoms with Gasteiger partial charge in [-0.2, -0.15) is 0 Å². The van der Waals surface area contributed by atoms with Gasteiger partial charge in [-0.05, 0) is 31.0 Å². The van der Waals surface area contributed by atoms with Crippen molar-refractivity contribution in [2.45, 2.75) is 25.7 Å². The second-order valence-corrected chi connectivity index (χ2v) is 5.93. The number of nitrogen functional groups attached to an aromatic ring is 1. The lowest BCUT2D eigenvalue weighted by molar-refractivity contribution is 0.0957. The molecular formula is C15H19FN2O2S. The van der Waals surface area contributed by atoms with Crippen molar-refractivity contribution >= 4 is 33.0 Å². The van der Waals surface area contributed by atoms with Crippen LogP contribution >= 0.6 is 11.3 Å². The van der Waals surface area contributed by atoms with Gasteiger partial charge in [0.1, 0.15) is 10.7 Å². The van der Waals surface area contributed by atoms with Gasteiger partial charge in [0.15, 0.2) is 0 Å². The number of rotatable bonds is 7. The van der Waals surface area contributed by atoms with Crippen LogP contribution in [0.1, 0.15) is 35.4 Å². The van der Waals surface area contributed by atoms with Crippen LogP contribution in [-0.2, 0) is 0 Å². The molecule has 0 atom stereocenters. The van der Waals surface area contributed by atoms with Gasteiger partial charge in [0, 0.05) is 23.2 Å². The van der Waals surface area contributed by atoms with Crippen molar-refractivity contribution in [3.8, 4) is 0 Å². The molecular weight excluding hydrogens is 291 g/mol. The largest absolute Gasteiger partial charge is 0.397 e. The van der Waals surface area contributed by atoms with Crippen molar-refractivity contribution in [3.63, 3.8) is 0 Å². The molecule has 1 amide bonds. The van der Waals surface area contributed by atoms with E-state index in [1.807, 2.05) is 0 Å². The summed E-state index contributed by atoms with van der Waals surface area (Å²) in [6, 6.07) is 4.35. The number of carbonyl (C=O) groups excluding carboxylic acids is 1. The minimum absolute atomic E-state index is 0.210. The normalized spacial score (nSPS) is 11.0. The molecule has 0 saturated carbocycles. The van der Waals surface area contributed by atoms with E-state index >= 15 is 0 Å². The van der Waals surface area contributed by atoms with Crippen molar-refractivity contribution in [2.75, 3.05) is 18.9 Å². The van der Waals surface area contributed by atoms with E-state index in [0.717, 1.165) is 30.4 Å². The highest BCUT2D eigenvalue weighted by atomic mass is 32.1. The zero-order valence-corrected chi connectivity index (χ0v) is 12.5. The first-order chi connectivity index (χ1) is 10.1. The van der Waals surface area contributed by atoms with Crippen LogP contribution in [0.5, 0.6) is 0 Å². The second kappa shape index (κ2) is 7.38. The van der Waals surface area contributed by atoms with E-state index in [1.54, 1.807) is 6.07 Å². The van der Waals surface area contributed by atoms with Gasteiger partial charge >= 0.3 is 0 Å². The molecule has 0 aliphatic heterocycles. The van der Waals surface area contributed by atoms with E-state index in [4.69, 9.17) is 10.8 Å². The first-order valence-electron chi connectivity index (χ1n) is 7.00. The number of nitrogens with one attached hydrogen (secondary N) is 1. The number of nitrogens with two attached hydrogens (primary N) is 1. The van der Waals surface area contributed by atoms with Crippen molar-refractivity contribution < 1.29 is 14.3 Å². The maximum absolute atomic E-state index is 13.2. The third kappa shape index (κ3) is 3.92. The average Bonchev–Trinajstić information content (AvgIpc) is 2.79. The third-order valence-corrected chi connectivity index (χ3v) is 4.45. The summed E-state index contributed by atoms with van der Waals surface area (Å²) in [5.74, 6) is -0.570. The Morgan fingerprint density at radius 3 is 2.81 bits per heavy atom. The molecule has 1 aromatic carbocycles. The predicted molar refractivity (Wildman–Crippen MR) is 84.1 cm³/mol. The molecule has 2 rings (SSSR count).